The molecule has 0 unspecified atom stereocenters. The molecule has 0 aromatic heterocycles. The summed E-state index contributed by atoms with van der Waals surface area (Å²) in [7, 11) is 0. The Hall–Kier alpha value is -2.32. The number of benzene rings is 1. The fourth-order valence-corrected chi connectivity index (χ4v) is 1.31. The van der Waals surface area contributed by atoms with Crippen molar-refractivity contribution in [1.29, 1.82) is 0 Å². The van der Waals surface area contributed by atoms with E-state index in [2.05, 4.69) is 5.32 Å². The van der Waals surface area contributed by atoms with Crippen LogP contribution in [-0.4, -0.2) is 17.4 Å². The third kappa shape index (κ3) is 4.12. The first-order chi connectivity index (χ1) is 8.71. The van der Waals surface area contributed by atoms with Gasteiger partial charge >= 0.3 is 6.18 Å². The second-order valence-corrected chi connectivity index (χ2v) is 3.54. The van der Waals surface area contributed by atoms with Crippen LogP contribution in [-0.2, 0) is 11.0 Å². The van der Waals surface area contributed by atoms with Crippen molar-refractivity contribution in [2.24, 2.45) is 0 Å². The molecule has 0 spiro atoms. The Morgan fingerprint density at radius 1 is 1.37 bits per heavy atom. The highest BCUT2D eigenvalue weighted by Crippen LogP contribution is 2.34. The lowest BCUT2D eigenvalue weighted by Gasteiger charge is -2.10. The summed E-state index contributed by atoms with van der Waals surface area (Å²) in [6.07, 6.45) is -5.10. The van der Waals surface area contributed by atoms with Crippen LogP contribution in [0.1, 0.15) is 12.0 Å². The number of nitrogens with one attached hydrogen (secondary N) is 1. The Kier molecular flexibility index (Phi) is 4.30. The molecule has 0 heterocycles. The van der Waals surface area contributed by atoms with Crippen LogP contribution in [0, 0.1) is 10.1 Å². The topological polar surface area (TPSA) is 95.3 Å². The highest BCUT2D eigenvalue weighted by Gasteiger charge is 2.32. The molecule has 0 fully saturated rings. The number of rotatable bonds is 5. The van der Waals surface area contributed by atoms with Crippen LogP contribution < -0.4 is 10.4 Å². The summed E-state index contributed by atoms with van der Waals surface area (Å²) in [5, 5.41) is 23.2. The third-order valence-electron chi connectivity index (χ3n) is 2.17. The van der Waals surface area contributed by atoms with Gasteiger partial charge < -0.3 is 15.2 Å². The van der Waals surface area contributed by atoms with Crippen LogP contribution in [0.3, 0.4) is 0 Å². The van der Waals surface area contributed by atoms with E-state index in [1.807, 2.05) is 0 Å². The van der Waals surface area contributed by atoms with Crippen LogP contribution in [0.15, 0.2) is 18.2 Å². The van der Waals surface area contributed by atoms with Gasteiger partial charge in [-0.2, -0.15) is 13.2 Å². The maximum Gasteiger partial charge on any atom is 0.416 e. The van der Waals surface area contributed by atoms with Crippen molar-refractivity contribution in [3.8, 4) is 0 Å². The molecule has 1 aromatic rings. The Bertz CT molecular complexity index is 502. The predicted octanol–water partition coefficient (Wildman–Crippen LogP) is 1.17. The number of nitro groups is 1. The zero-order chi connectivity index (χ0) is 14.6. The molecular formula is C10H8F3N2O4-. The molecule has 9 heteroatoms. The van der Waals surface area contributed by atoms with Gasteiger partial charge in [-0.15, -0.1) is 0 Å². The number of hydrogen-bond acceptors (Lipinski definition) is 5. The largest absolute Gasteiger partial charge is 0.550 e. The maximum atomic E-state index is 12.4. The lowest BCUT2D eigenvalue weighted by molar-refractivity contribution is -0.384. The zero-order valence-electron chi connectivity index (χ0n) is 9.36. The molecule has 19 heavy (non-hydrogen) atoms. The molecule has 0 aliphatic carbocycles. The fraction of sp³-hybridized carbons (Fsp3) is 0.300. The molecule has 0 atom stereocenters. The summed E-state index contributed by atoms with van der Waals surface area (Å²) in [6, 6.07) is 1.95. The van der Waals surface area contributed by atoms with E-state index >= 15 is 0 Å². The standard InChI is InChI=1S/C10H9F3N2O4/c11-10(12,13)6-1-2-7(8(5-6)15(18)19)14-4-3-9(16)17/h1-2,5,14H,3-4H2,(H,16,17)/p-1. The first-order valence-electron chi connectivity index (χ1n) is 5.01. The normalized spacial score (nSPS) is 11.1. The molecule has 104 valence electrons. The first-order valence-corrected chi connectivity index (χ1v) is 5.01. The molecule has 6 nitrogen and oxygen atoms in total. The summed E-state index contributed by atoms with van der Waals surface area (Å²) in [4.78, 5) is 19.9. The van der Waals surface area contributed by atoms with E-state index in [1.165, 1.54) is 0 Å². The van der Waals surface area contributed by atoms with E-state index in [9.17, 15) is 33.2 Å². The lowest BCUT2D eigenvalue weighted by Crippen LogP contribution is -2.24. The number of nitro benzene ring substituents is 1. The van der Waals surface area contributed by atoms with Crippen LogP contribution >= 0.6 is 0 Å². The number of carbonyl (C=O) groups is 1. The Morgan fingerprint density at radius 3 is 2.47 bits per heavy atom. The van der Waals surface area contributed by atoms with Crippen molar-refractivity contribution in [2.45, 2.75) is 12.6 Å². The smallest absolute Gasteiger partial charge is 0.416 e. The number of aliphatic carboxylic acids is 1. The SMILES string of the molecule is O=C([O-])CCNc1ccc(C(F)(F)F)cc1[N+](=O)[O-]. The second kappa shape index (κ2) is 5.55. The number of halogens is 3. The van der Waals surface area contributed by atoms with Gasteiger partial charge in [-0.25, -0.2) is 0 Å². The molecule has 0 saturated heterocycles. The number of carbonyl (C=O) groups excluding carboxylic acids is 1. The van der Waals surface area contributed by atoms with Crippen molar-refractivity contribution < 1.29 is 28.0 Å². The Morgan fingerprint density at radius 2 is 2.00 bits per heavy atom. The highest BCUT2D eigenvalue weighted by atomic mass is 19.4. The van der Waals surface area contributed by atoms with Crippen molar-refractivity contribution in [3.63, 3.8) is 0 Å². The van der Waals surface area contributed by atoms with Gasteiger partial charge in [0.05, 0.1) is 10.5 Å². The molecule has 0 saturated carbocycles. The van der Waals surface area contributed by atoms with Crippen molar-refractivity contribution >= 4 is 17.3 Å². The fourth-order valence-electron chi connectivity index (χ4n) is 1.31. The molecule has 0 radical (unpaired) electrons. The summed E-state index contributed by atoms with van der Waals surface area (Å²) in [5.74, 6) is -1.37. The van der Waals surface area contributed by atoms with Crippen LogP contribution in [0.4, 0.5) is 24.5 Å². The number of anilines is 1. The van der Waals surface area contributed by atoms with Crippen LogP contribution in [0.2, 0.25) is 0 Å². The average Bonchev–Trinajstić information content (AvgIpc) is 2.27. The van der Waals surface area contributed by atoms with E-state index in [1.54, 1.807) is 0 Å². The van der Waals surface area contributed by atoms with Gasteiger partial charge in [0.25, 0.3) is 5.69 Å². The molecular weight excluding hydrogens is 269 g/mol. The van der Waals surface area contributed by atoms with Gasteiger partial charge in [-0.05, 0) is 12.1 Å². The number of carboxylic acids is 1. The van der Waals surface area contributed by atoms with E-state index in [4.69, 9.17) is 0 Å². The van der Waals surface area contributed by atoms with Gasteiger partial charge in [-0.3, -0.25) is 10.1 Å². The van der Waals surface area contributed by atoms with E-state index in [-0.39, 0.29) is 12.2 Å². The molecule has 0 aliphatic rings. The van der Waals surface area contributed by atoms with Crippen molar-refractivity contribution in [1.82, 2.24) is 0 Å². The van der Waals surface area contributed by atoms with Crippen molar-refractivity contribution in [3.05, 3.63) is 33.9 Å². The van der Waals surface area contributed by atoms with Crippen LogP contribution in [0.25, 0.3) is 0 Å². The number of hydrogen-bond donors (Lipinski definition) is 1. The predicted molar refractivity (Wildman–Crippen MR) is 56.2 cm³/mol. The number of nitrogens with zero attached hydrogens (tertiary/aromatic N) is 1. The van der Waals surface area contributed by atoms with Crippen LogP contribution in [0.5, 0.6) is 0 Å². The number of carboxylic acid groups (broad SMARTS) is 1. The summed E-state index contributed by atoms with van der Waals surface area (Å²) in [5.41, 5.74) is -2.10. The molecule has 0 aliphatic heterocycles. The summed E-state index contributed by atoms with van der Waals surface area (Å²) >= 11 is 0. The quantitative estimate of drug-likeness (QED) is 0.643. The highest BCUT2D eigenvalue weighted by molar-refractivity contribution is 5.67. The van der Waals surface area contributed by atoms with E-state index in [0.717, 1.165) is 6.07 Å². The molecule has 0 amide bonds. The zero-order valence-corrected chi connectivity index (χ0v) is 9.36. The van der Waals surface area contributed by atoms with Gasteiger partial charge in [0, 0.05) is 25.0 Å². The van der Waals surface area contributed by atoms with Gasteiger partial charge in [0.1, 0.15) is 5.69 Å². The average molecular weight is 277 g/mol. The van der Waals surface area contributed by atoms with Gasteiger partial charge in [-0.1, -0.05) is 0 Å². The van der Waals surface area contributed by atoms with E-state index in [0.29, 0.717) is 12.1 Å². The van der Waals surface area contributed by atoms with E-state index < -0.39 is 34.7 Å². The second-order valence-electron chi connectivity index (χ2n) is 3.54. The van der Waals surface area contributed by atoms with Gasteiger partial charge in [0.2, 0.25) is 0 Å². The third-order valence-corrected chi connectivity index (χ3v) is 2.17. The monoisotopic (exact) mass is 277 g/mol. The van der Waals surface area contributed by atoms with Crippen molar-refractivity contribution in [2.75, 3.05) is 11.9 Å². The molecule has 0 bridgehead atoms. The lowest BCUT2D eigenvalue weighted by atomic mass is 10.1. The van der Waals surface area contributed by atoms with Gasteiger partial charge in [0.15, 0.2) is 0 Å². The summed E-state index contributed by atoms with van der Waals surface area (Å²) in [6.45, 7) is -0.186. The minimum absolute atomic E-state index is 0.181. The Balaban J connectivity index is 2.99. The minimum atomic E-state index is -4.69. The summed E-state index contributed by atoms with van der Waals surface area (Å²) < 4.78 is 37.2. The Labute approximate surface area is 105 Å². The molecule has 1 N–H and O–H groups in total. The molecule has 1 rings (SSSR count). The molecule has 1 aromatic carbocycles. The first kappa shape index (κ1) is 14.7. The minimum Gasteiger partial charge on any atom is -0.550 e. The number of alkyl halides is 3. The maximum absolute atomic E-state index is 12.4.